The SMILES string of the molecule is CCOC(=O)c1csc(C2CCCN(C)C2)n1. The molecule has 5 heteroatoms. The number of esters is 1. The van der Waals surface area contributed by atoms with Gasteiger partial charge in [-0.2, -0.15) is 0 Å². The summed E-state index contributed by atoms with van der Waals surface area (Å²) >= 11 is 1.57. The van der Waals surface area contributed by atoms with E-state index in [4.69, 9.17) is 4.74 Å². The van der Waals surface area contributed by atoms with Crippen LogP contribution in [0.2, 0.25) is 0 Å². The third-order valence-electron chi connectivity index (χ3n) is 2.98. The molecule has 0 bridgehead atoms. The van der Waals surface area contributed by atoms with Crippen molar-refractivity contribution in [2.75, 3.05) is 26.7 Å². The van der Waals surface area contributed by atoms with Crippen molar-refractivity contribution in [2.45, 2.75) is 25.7 Å². The first-order valence-corrected chi connectivity index (χ1v) is 6.89. The van der Waals surface area contributed by atoms with E-state index in [1.165, 1.54) is 12.8 Å². The van der Waals surface area contributed by atoms with Gasteiger partial charge in [-0.05, 0) is 33.4 Å². The number of thiazole rings is 1. The van der Waals surface area contributed by atoms with Crippen LogP contribution in [0.4, 0.5) is 0 Å². The molecule has 94 valence electrons. The molecule has 2 heterocycles. The fourth-order valence-corrected chi connectivity index (χ4v) is 3.06. The molecular formula is C12H18N2O2S. The van der Waals surface area contributed by atoms with Crippen LogP contribution in [0.15, 0.2) is 5.38 Å². The molecule has 0 aromatic carbocycles. The quantitative estimate of drug-likeness (QED) is 0.775. The zero-order valence-electron chi connectivity index (χ0n) is 10.3. The summed E-state index contributed by atoms with van der Waals surface area (Å²) < 4.78 is 4.94. The molecule has 1 fully saturated rings. The number of likely N-dealkylation sites (N-methyl/N-ethyl adjacent to an activating group) is 1. The predicted molar refractivity (Wildman–Crippen MR) is 67.5 cm³/mol. The van der Waals surface area contributed by atoms with Crippen molar-refractivity contribution >= 4 is 17.3 Å². The van der Waals surface area contributed by atoms with Gasteiger partial charge in [0.2, 0.25) is 0 Å². The van der Waals surface area contributed by atoms with Gasteiger partial charge in [-0.1, -0.05) is 0 Å². The van der Waals surface area contributed by atoms with Crippen LogP contribution in [0, 0.1) is 0 Å². The second-order valence-corrected chi connectivity index (χ2v) is 5.28. The minimum Gasteiger partial charge on any atom is -0.461 e. The van der Waals surface area contributed by atoms with Crippen molar-refractivity contribution in [3.05, 3.63) is 16.1 Å². The van der Waals surface area contributed by atoms with Gasteiger partial charge in [0.05, 0.1) is 11.6 Å². The molecule has 0 spiro atoms. The van der Waals surface area contributed by atoms with Gasteiger partial charge >= 0.3 is 5.97 Å². The number of nitrogens with zero attached hydrogens (tertiary/aromatic N) is 2. The minimum atomic E-state index is -0.306. The lowest BCUT2D eigenvalue weighted by atomic mass is 9.99. The fraction of sp³-hybridized carbons (Fsp3) is 0.667. The van der Waals surface area contributed by atoms with Crippen molar-refractivity contribution in [3.63, 3.8) is 0 Å². The van der Waals surface area contributed by atoms with E-state index < -0.39 is 0 Å². The molecule has 1 saturated heterocycles. The number of hydrogen-bond donors (Lipinski definition) is 0. The van der Waals surface area contributed by atoms with E-state index in [0.29, 0.717) is 18.2 Å². The predicted octanol–water partition coefficient (Wildman–Crippen LogP) is 2.13. The Hall–Kier alpha value is -0.940. The first kappa shape index (κ1) is 12.5. The highest BCUT2D eigenvalue weighted by Crippen LogP contribution is 2.28. The lowest BCUT2D eigenvalue weighted by Gasteiger charge is -2.28. The molecular weight excluding hydrogens is 236 g/mol. The van der Waals surface area contributed by atoms with E-state index in [9.17, 15) is 4.79 Å². The second-order valence-electron chi connectivity index (χ2n) is 4.39. The highest BCUT2D eigenvalue weighted by molar-refractivity contribution is 7.09. The number of likely N-dealkylation sites (tertiary alicyclic amines) is 1. The van der Waals surface area contributed by atoms with Gasteiger partial charge in [0, 0.05) is 17.8 Å². The zero-order chi connectivity index (χ0) is 12.3. The molecule has 1 aromatic rings. The molecule has 0 radical (unpaired) electrons. The molecule has 0 N–H and O–H groups in total. The first-order chi connectivity index (χ1) is 8.20. The Labute approximate surface area is 106 Å². The molecule has 1 unspecified atom stereocenters. The maximum absolute atomic E-state index is 11.5. The third kappa shape index (κ3) is 3.04. The Morgan fingerprint density at radius 3 is 3.24 bits per heavy atom. The van der Waals surface area contributed by atoms with Gasteiger partial charge in [0.25, 0.3) is 0 Å². The molecule has 0 amide bonds. The summed E-state index contributed by atoms with van der Waals surface area (Å²) in [6, 6.07) is 0. The van der Waals surface area contributed by atoms with Crippen LogP contribution in [0.3, 0.4) is 0 Å². The summed E-state index contributed by atoms with van der Waals surface area (Å²) in [5.41, 5.74) is 0.458. The van der Waals surface area contributed by atoms with Crippen LogP contribution in [0.25, 0.3) is 0 Å². The monoisotopic (exact) mass is 254 g/mol. The first-order valence-electron chi connectivity index (χ1n) is 6.01. The number of piperidine rings is 1. The van der Waals surface area contributed by atoms with E-state index in [-0.39, 0.29) is 5.97 Å². The van der Waals surface area contributed by atoms with Crippen LogP contribution in [0.1, 0.15) is 41.2 Å². The molecule has 2 rings (SSSR count). The number of aromatic nitrogens is 1. The van der Waals surface area contributed by atoms with Crippen molar-refractivity contribution < 1.29 is 9.53 Å². The molecule has 1 atom stereocenters. The number of rotatable bonds is 3. The van der Waals surface area contributed by atoms with Crippen LogP contribution in [-0.4, -0.2) is 42.6 Å². The van der Waals surface area contributed by atoms with E-state index >= 15 is 0 Å². The summed E-state index contributed by atoms with van der Waals surface area (Å²) in [6.45, 7) is 4.40. The average molecular weight is 254 g/mol. The van der Waals surface area contributed by atoms with Gasteiger partial charge in [0.1, 0.15) is 0 Å². The minimum absolute atomic E-state index is 0.306. The average Bonchev–Trinajstić information content (AvgIpc) is 2.78. The molecule has 4 nitrogen and oxygen atoms in total. The van der Waals surface area contributed by atoms with Gasteiger partial charge in [-0.3, -0.25) is 0 Å². The van der Waals surface area contributed by atoms with Crippen LogP contribution in [0.5, 0.6) is 0 Å². The van der Waals surface area contributed by atoms with Crippen molar-refractivity contribution in [3.8, 4) is 0 Å². The van der Waals surface area contributed by atoms with Crippen LogP contribution >= 0.6 is 11.3 Å². The summed E-state index contributed by atoms with van der Waals surface area (Å²) in [4.78, 5) is 18.2. The van der Waals surface area contributed by atoms with Crippen LogP contribution in [-0.2, 0) is 4.74 Å². The molecule has 1 aliphatic heterocycles. The van der Waals surface area contributed by atoms with Gasteiger partial charge in [-0.25, -0.2) is 9.78 Å². The zero-order valence-corrected chi connectivity index (χ0v) is 11.1. The van der Waals surface area contributed by atoms with Gasteiger partial charge in [0.15, 0.2) is 5.69 Å². The molecule has 0 saturated carbocycles. The van der Waals surface area contributed by atoms with E-state index in [1.807, 2.05) is 5.38 Å². The Bertz CT molecular complexity index is 392. The molecule has 1 aliphatic rings. The maximum atomic E-state index is 11.5. The maximum Gasteiger partial charge on any atom is 0.357 e. The van der Waals surface area contributed by atoms with E-state index in [1.54, 1.807) is 18.3 Å². The smallest absolute Gasteiger partial charge is 0.357 e. The lowest BCUT2D eigenvalue weighted by molar-refractivity contribution is 0.0520. The molecule has 17 heavy (non-hydrogen) atoms. The fourth-order valence-electron chi connectivity index (χ4n) is 2.14. The Balaban J connectivity index is 2.04. The normalized spacial score (nSPS) is 21.4. The Morgan fingerprint density at radius 1 is 1.71 bits per heavy atom. The number of carbonyl (C=O) groups excluding carboxylic acids is 1. The number of carbonyl (C=O) groups is 1. The highest BCUT2D eigenvalue weighted by Gasteiger charge is 2.23. The summed E-state index contributed by atoms with van der Waals surface area (Å²) in [5.74, 6) is 0.168. The molecule has 1 aromatic heterocycles. The van der Waals surface area contributed by atoms with Crippen molar-refractivity contribution in [1.82, 2.24) is 9.88 Å². The topological polar surface area (TPSA) is 42.4 Å². The number of ether oxygens (including phenoxy) is 1. The Morgan fingerprint density at radius 2 is 2.53 bits per heavy atom. The van der Waals surface area contributed by atoms with Crippen molar-refractivity contribution in [2.24, 2.45) is 0 Å². The Kier molecular flexibility index (Phi) is 4.12. The number of hydrogen-bond acceptors (Lipinski definition) is 5. The van der Waals surface area contributed by atoms with Gasteiger partial charge in [-0.15, -0.1) is 11.3 Å². The standard InChI is InChI=1S/C12H18N2O2S/c1-3-16-12(15)10-8-17-11(13-10)9-5-4-6-14(2)7-9/h8-9H,3-7H2,1-2H3. The highest BCUT2D eigenvalue weighted by atomic mass is 32.1. The van der Waals surface area contributed by atoms with E-state index in [2.05, 4.69) is 16.9 Å². The largest absolute Gasteiger partial charge is 0.461 e. The van der Waals surface area contributed by atoms with Crippen LogP contribution < -0.4 is 0 Å². The summed E-state index contributed by atoms with van der Waals surface area (Å²) in [6.07, 6.45) is 2.37. The lowest BCUT2D eigenvalue weighted by Crippen LogP contribution is -2.30. The van der Waals surface area contributed by atoms with E-state index in [0.717, 1.165) is 18.1 Å². The van der Waals surface area contributed by atoms with Gasteiger partial charge < -0.3 is 9.64 Å². The third-order valence-corrected chi connectivity index (χ3v) is 3.99. The van der Waals surface area contributed by atoms with Crippen molar-refractivity contribution in [1.29, 1.82) is 0 Å². The summed E-state index contributed by atoms with van der Waals surface area (Å²) in [5, 5.41) is 2.88. The molecule has 0 aliphatic carbocycles. The second kappa shape index (κ2) is 5.60. The summed E-state index contributed by atoms with van der Waals surface area (Å²) in [7, 11) is 2.13.